The molecule has 0 saturated heterocycles. The van der Waals surface area contributed by atoms with Gasteiger partial charge in [0.2, 0.25) is 0 Å². The standard InChI is InChI=1S/C15H24.H4O5P2/c1-2-3-4-5-6-7-9-12-15-13-10-8-11-14-15;1-6(2)5-7(3)4/h8,10-11,13-14H,2-7,9,12H2,1H3;1-4H. The van der Waals surface area contributed by atoms with Crippen molar-refractivity contribution in [3.8, 4) is 0 Å². The zero-order valence-electron chi connectivity index (χ0n) is 13.1. The summed E-state index contributed by atoms with van der Waals surface area (Å²) in [5.74, 6) is 0. The lowest BCUT2D eigenvalue weighted by Crippen LogP contribution is -1.85. The lowest BCUT2D eigenvalue weighted by atomic mass is 10.0. The molecule has 0 aromatic heterocycles. The highest BCUT2D eigenvalue weighted by Gasteiger charge is 2.05. The summed E-state index contributed by atoms with van der Waals surface area (Å²) in [6.45, 7) is 2.27. The molecule has 0 aliphatic rings. The van der Waals surface area contributed by atoms with Gasteiger partial charge in [-0.3, -0.25) is 0 Å². The van der Waals surface area contributed by atoms with Crippen LogP contribution in [0.1, 0.15) is 57.4 Å². The van der Waals surface area contributed by atoms with Crippen LogP contribution >= 0.6 is 17.2 Å². The first kappa shape index (κ1) is 21.9. The summed E-state index contributed by atoms with van der Waals surface area (Å²) in [6, 6.07) is 10.8. The Morgan fingerprint density at radius 1 is 0.773 bits per heavy atom. The van der Waals surface area contributed by atoms with E-state index >= 15 is 0 Å². The average Bonchev–Trinajstić information content (AvgIpc) is 2.46. The SMILES string of the molecule is CCCCCCCCCc1ccccc1.OP(O)OP(O)O. The molecule has 1 aromatic rings. The number of hydrogen-bond donors (Lipinski definition) is 4. The van der Waals surface area contributed by atoms with Crippen LogP contribution in [0.4, 0.5) is 0 Å². The van der Waals surface area contributed by atoms with Crippen molar-refractivity contribution in [2.75, 3.05) is 0 Å². The highest BCUT2D eigenvalue weighted by molar-refractivity contribution is 7.53. The maximum Gasteiger partial charge on any atom is 0.334 e. The van der Waals surface area contributed by atoms with Crippen LogP contribution in [0.2, 0.25) is 0 Å². The van der Waals surface area contributed by atoms with Gasteiger partial charge in [0, 0.05) is 0 Å². The molecular formula is C15H28O5P2. The van der Waals surface area contributed by atoms with E-state index in [0.29, 0.717) is 0 Å². The molecule has 0 amide bonds. The van der Waals surface area contributed by atoms with Crippen molar-refractivity contribution < 1.29 is 23.9 Å². The van der Waals surface area contributed by atoms with E-state index in [1.165, 1.54) is 56.9 Å². The van der Waals surface area contributed by atoms with Gasteiger partial charge in [0.25, 0.3) is 0 Å². The minimum atomic E-state index is -2.61. The fourth-order valence-corrected chi connectivity index (χ4v) is 2.52. The molecular weight excluding hydrogens is 322 g/mol. The first-order chi connectivity index (χ1) is 10.6. The Morgan fingerprint density at radius 2 is 1.27 bits per heavy atom. The summed E-state index contributed by atoms with van der Waals surface area (Å²) in [6.07, 6.45) is 11.1. The number of hydrogen-bond acceptors (Lipinski definition) is 5. The molecule has 1 aromatic carbocycles. The molecule has 0 atom stereocenters. The number of benzene rings is 1. The molecule has 22 heavy (non-hydrogen) atoms. The molecule has 0 bridgehead atoms. The first-order valence-corrected chi connectivity index (χ1v) is 9.97. The summed E-state index contributed by atoms with van der Waals surface area (Å²) in [7, 11) is -5.22. The number of aryl methyl sites for hydroxylation is 1. The van der Waals surface area contributed by atoms with E-state index in [-0.39, 0.29) is 0 Å². The second-order valence-electron chi connectivity index (χ2n) is 4.94. The second kappa shape index (κ2) is 15.8. The Kier molecular flexibility index (Phi) is 15.7. The fraction of sp³-hybridized carbons (Fsp3) is 0.600. The van der Waals surface area contributed by atoms with Crippen molar-refractivity contribution in [3.63, 3.8) is 0 Å². The summed E-state index contributed by atoms with van der Waals surface area (Å²) >= 11 is 0. The molecule has 0 aliphatic heterocycles. The van der Waals surface area contributed by atoms with Gasteiger partial charge in [-0.25, -0.2) is 4.31 Å². The van der Waals surface area contributed by atoms with Crippen LogP contribution in [0, 0.1) is 0 Å². The van der Waals surface area contributed by atoms with Crippen LogP contribution in [0.15, 0.2) is 30.3 Å². The molecule has 5 nitrogen and oxygen atoms in total. The van der Waals surface area contributed by atoms with Gasteiger partial charge >= 0.3 is 17.2 Å². The molecule has 0 heterocycles. The maximum atomic E-state index is 7.82. The topological polar surface area (TPSA) is 90.2 Å². The predicted molar refractivity (Wildman–Crippen MR) is 91.9 cm³/mol. The van der Waals surface area contributed by atoms with E-state index in [1.54, 1.807) is 0 Å². The smallest absolute Gasteiger partial charge is 0.328 e. The Bertz CT molecular complexity index is 330. The summed E-state index contributed by atoms with van der Waals surface area (Å²) in [5.41, 5.74) is 1.49. The van der Waals surface area contributed by atoms with Gasteiger partial charge < -0.3 is 19.6 Å². The zero-order valence-corrected chi connectivity index (χ0v) is 14.9. The molecule has 0 spiro atoms. The van der Waals surface area contributed by atoms with E-state index < -0.39 is 17.2 Å². The number of unbranched alkanes of at least 4 members (excludes halogenated alkanes) is 6. The van der Waals surface area contributed by atoms with E-state index in [0.717, 1.165) is 0 Å². The van der Waals surface area contributed by atoms with Crippen molar-refractivity contribution in [1.82, 2.24) is 0 Å². The van der Waals surface area contributed by atoms with Crippen LogP contribution in [-0.2, 0) is 10.7 Å². The van der Waals surface area contributed by atoms with E-state index in [2.05, 4.69) is 41.6 Å². The van der Waals surface area contributed by atoms with Crippen LogP contribution < -0.4 is 0 Å². The zero-order chi connectivity index (χ0) is 16.6. The van der Waals surface area contributed by atoms with Gasteiger partial charge in [0.15, 0.2) is 0 Å². The average molecular weight is 350 g/mol. The van der Waals surface area contributed by atoms with E-state index in [1.807, 2.05) is 0 Å². The van der Waals surface area contributed by atoms with Gasteiger partial charge in [0.05, 0.1) is 0 Å². The van der Waals surface area contributed by atoms with E-state index in [9.17, 15) is 0 Å². The highest BCUT2D eigenvalue weighted by atomic mass is 31.2. The van der Waals surface area contributed by atoms with Crippen LogP contribution in [0.3, 0.4) is 0 Å². The van der Waals surface area contributed by atoms with Crippen molar-refractivity contribution in [2.24, 2.45) is 0 Å². The van der Waals surface area contributed by atoms with Gasteiger partial charge in [-0.1, -0.05) is 75.8 Å². The third-order valence-corrected chi connectivity index (χ3v) is 4.23. The Balaban J connectivity index is 0.000000534. The molecule has 0 saturated carbocycles. The summed E-state index contributed by atoms with van der Waals surface area (Å²) in [4.78, 5) is 31.3. The van der Waals surface area contributed by atoms with Gasteiger partial charge in [-0.05, 0) is 18.4 Å². The molecule has 0 radical (unpaired) electrons. The highest BCUT2D eigenvalue weighted by Crippen LogP contribution is 2.41. The van der Waals surface area contributed by atoms with Crippen LogP contribution in [-0.4, -0.2) is 19.6 Å². The third-order valence-electron chi connectivity index (χ3n) is 3.06. The van der Waals surface area contributed by atoms with Crippen molar-refractivity contribution >= 4 is 17.2 Å². The number of rotatable bonds is 10. The van der Waals surface area contributed by atoms with Gasteiger partial charge in [-0.15, -0.1) is 0 Å². The maximum absolute atomic E-state index is 7.82. The van der Waals surface area contributed by atoms with E-state index in [4.69, 9.17) is 19.6 Å². The minimum absolute atomic E-state index is 1.26. The van der Waals surface area contributed by atoms with Crippen molar-refractivity contribution in [3.05, 3.63) is 35.9 Å². The Hall–Kier alpha value is -0.120. The monoisotopic (exact) mass is 350 g/mol. The predicted octanol–water partition coefficient (Wildman–Crippen LogP) is 4.41. The van der Waals surface area contributed by atoms with Crippen molar-refractivity contribution in [2.45, 2.75) is 58.3 Å². The van der Waals surface area contributed by atoms with Crippen LogP contribution in [0.25, 0.3) is 0 Å². The van der Waals surface area contributed by atoms with Crippen LogP contribution in [0.5, 0.6) is 0 Å². The van der Waals surface area contributed by atoms with Gasteiger partial charge in [0.1, 0.15) is 0 Å². The third kappa shape index (κ3) is 16.3. The minimum Gasteiger partial charge on any atom is -0.328 e. The molecule has 128 valence electrons. The molecule has 0 unspecified atom stereocenters. The quantitative estimate of drug-likeness (QED) is 0.371. The molecule has 0 aliphatic carbocycles. The molecule has 7 heteroatoms. The van der Waals surface area contributed by atoms with Crippen molar-refractivity contribution in [1.29, 1.82) is 0 Å². The van der Waals surface area contributed by atoms with Gasteiger partial charge in [-0.2, -0.15) is 0 Å². The molecule has 0 fully saturated rings. The lowest BCUT2D eigenvalue weighted by Gasteiger charge is -2.01. The normalized spacial score (nSPS) is 10.7. The summed E-state index contributed by atoms with van der Waals surface area (Å²) in [5, 5.41) is 0. The Labute approximate surface area is 136 Å². The lowest BCUT2D eigenvalue weighted by molar-refractivity contribution is 0.324. The second-order valence-corrected chi connectivity index (χ2v) is 6.61. The molecule has 1 rings (SSSR count). The summed E-state index contributed by atoms with van der Waals surface area (Å²) < 4.78 is 3.60. The first-order valence-electron chi connectivity index (χ1n) is 7.64. The Morgan fingerprint density at radius 3 is 1.73 bits per heavy atom. The molecule has 4 N–H and O–H groups in total. The fourth-order valence-electron chi connectivity index (χ4n) is 2.00. The largest absolute Gasteiger partial charge is 0.334 e.